The van der Waals surface area contributed by atoms with Crippen molar-refractivity contribution in [3.05, 3.63) is 33.3 Å². The highest BCUT2D eigenvalue weighted by atomic mass is 35.5. The lowest BCUT2D eigenvalue weighted by Gasteiger charge is -2.38. The molecular weight excluding hydrogens is 296 g/mol. The van der Waals surface area contributed by atoms with E-state index in [1.54, 1.807) is 0 Å². The van der Waals surface area contributed by atoms with E-state index in [0.29, 0.717) is 24.4 Å². The first-order valence-electron chi connectivity index (χ1n) is 6.79. The zero-order chi connectivity index (χ0) is 15.6. The summed E-state index contributed by atoms with van der Waals surface area (Å²) >= 11 is 6.04. The molecule has 6 nitrogen and oxygen atoms in total. The Kier molecular flexibility index (Phi) is 4.37. The van der Waals surface area contributed by atoms with Gasteiger partial charge in [0.25, 0.3) is 5.69 Å². The van der Waals surface area contributed by atoms with E-state index < -0.39 is 16.4 Å². The van der Waals surface area contributed by atoms with Gasteiger partial charge in [0.1, 0.15) is 5.54 Å². The SMILES string of the molecule is CC1CCCC(Nc2ccc([N+](=O)[O-])cc2Cl)(C(=O)O)C1. The molecular formula is C14H17ClN2O4. The van der Waals surface area contributed by atoms with Crippen LogP contribution in [0.3, 0.4) is 0 Å². The smallest absolute Gasteiger partial charge is 0.329 e. The number of nitro groups is 1. The second-order valence-electron chi connectivity index (χ2n) is 5.64. The number of hydrogen-bond acceptors (Lipinski definition) is 4. The molecule has 1 aromatic rings. The number of benzene rings is 1. The Morgan fingerprint density at radius 2 is 2.29 bits per heavy atom. The maximum Gasteiger partial charge on any atom is 0.329 e. The minimum atomic E-state index is -1.06. The van der Waals surface area contributed by atoms with Gasteiger partial charge in [-0.25, -0.2) is 4.79 Å². The lowest BCUT2D eigenvalue weighted by Crippen LogP contribution is -2.49. The number of carbonyl (C=O) groups is 1. The zero-order valence-corrected chi connectivity index (χ0v) is 12.4. The van der Waals surface area contributed by atoms with Gasteiger partial charge in [-0.3, -0.25) is 10.1 Å². The number of nitrogens with one attached hydrogen (secondary N) is 1. The van der Waals surface area contributed by atoms with Crippen molar-refractivity contribution in [2.75, 3.05) is 5.32 Å². The largest absolute Gasteiger partial charge is 0.480 e. The molecule has 0 spiro atoms. The van der Waals surface area contributed by atoms with Crippen LogP contribution in [-0.2, 0) is 4.79 Å². The molecule has 2 N–H and O–H groups in total. The van der Waals surface area contributed by atoms with Crippen LogP contribution in [0, 0.1) is 16.0 Å². The summed E-state index contributed by atoms with van der Waals surface area (Å²) in [6.45, 7) is 2.02. The second-order valence-corrected chi connectivity index (χ2v) is 6.04. The molecule has 1 fully saturated rings. The normalized spacial score (nSPS) is 25.3. The summed E-state index contributed by atoms with van der Waals surface area (Å²) in [5.41, 5.74) is -0.761. The van der Waals surface area contributed by atoms with Crippen LogP contribution in [0.25, 0.3) is 0 Å². The average Bonchev–Trinajstić information content (AvgIpc) is 2.40. The number of rotatable bonds is 4. The molecule has 1 aliphatic rings. The first-order valence-corrected chi connectivity index (χ1v) is 7.17. The minimum Gasteiger partial charge on any atom is -0.480 e. The lowest BCUT2D eigenvalue weighted by molar-refractivity contribution is -0.384. The third kappa shape index (κ3) is 3.26. The van der Waals surface area contributed by atoms with Gasteiger partial charge in [0.2, 0.25) is 0 Å². The molecule has 0 aliphatic heterocycles. The van der Waals surface area contributed by atoms with Crippen molar-refractivity contribution in [3.63, 3.8) is 0 Å². The summed E-state index contributed by atoms with van der Waals surface area (Å²) < 4.78 is 0. The Morgan fingerprint density at radius 1 is 1.57 bits per heavy atom. The maximum atomic E-state index is 11.7. The molecule has 1 aliphatic carbocycles. The van der Waals surface area contributed by atoms with Gasteiger partial charge in [0.05, 0.1) is 15.6 Å². The summed E-state index contributed by atoms with van der Waals surface area (Å²) in [5.74, 6) is -0.609. The van der Waals surface area contributed by atoms with E-state index >= 15 is 0 Å². The molecule has 0 bridgehead atoms. The number of carboxylic acid groups (broad SMARTS) is 1. The fraction of sp³-hybridized carbons (Fsp3) is 0.500. The first-order chi connectivity index (χ1) is 9.84. The van der Waals surface area contributed by atoms with E-state index in [4.69, 9.17) is 11.6 Å². The highest BCUT2D eigenvalue weighted by molar-refractivity contribution is 6.33. The molecule has 1 aromatic carbocycles. The number of anilines is 1. The molecule has 0 amide bonds. The number of nitrogens with zero attached hydrogens (tertiary/aromatic N) is 1. The quantitative estimate of drug-likeness (QED) is 0.653. The summed E-state index contributed by atoms with van der Waals surface area (Å²) in [6, 6.07) is 4.01. The van der Waals surface area contributed by atoms with E-state index in [2.05, 4.69) is 5.32 Å². The summed E-state index contributed by atoms with van der Waals surface area (Å²) in [4.78, 5) is 21.9. The summed E-state index contributed by atoms with van der Waals surface area (Å²) in [5, 5.41) is 23.4. The molecule has 2 unspecified atom stereocenters. The van der Waals surface area contributed by atoms with Crippen molar-refractivity contribution in [2.45, 2.75) is 38.1 Å². The molecule has 0 saturated heterocycles. The Labute approximate surface area is 127 Å². The van der Waals surface area contributed by atoms with E-state index in [1.165, 1.54) is 18.2 Å². The van der Waals surface area contributed by atoms with Crippen molar-refractivity contribution in [2.24, 2.45) is 5.92 Å². The Balaban J connectivity index is 2.29. The number of non-ortho nitro benzene ring substituents is 1. The molecule has 0 aromatic heterocycles. The predicted octanol–water partition coefficient (Wildman–Crippen LogP) is 3.69. The Bertz CT molecular complexity index is 578. The fourth-order valence-electron chi connectivity index (χ4n) is 2.89. The van der Waals surface area contributed by atoms with Crippen LogP contribution < -0.4 is 5.32 Å². The molecule has 2 atom stereocenters. The van der Waals surface area contributed by atoms with Crippen LogP contribution in [-0.4, -0.2) is 21.5 Å². The van der Waals surface area contributed by atoms with Crippen LogP contribution in [0.15, 0.2) is 18.2 Å². The summed E-state index contributed by atoms with van der Waals surface area (Å²) in [6.07, 6.45) is 2.85. The number of nitro benzene ring substituents is 1. The van der Waals surface area contributed by atoms with Crippen LogP contribution in [0.5, 0.6) is 0 Å². The van der Waals surface area contributed by atoms with Gasteiger partial charge < -0.3 is 10.4 Å². The number of hydrogen-bond donors (Lipinski definition) is 2. The van der Waals surface area contributed by atoms with Gasteiger partial charge in [-0.1, -0.05) is 31.4 Å². The maximum absolute atomic E-state index is 11.7. The van der Waals surface area contributed by atoms with E-state index in [9.17, 15) is 20.0 Å². The molecule has 1 saturated carbocycles. The number of aliphatic carboxylic acids is 1. The van der Waals surface area contributed by atoms with Gasteiger partial charge in [0.15, 0.2) is 0 Å². The van der Waals surface area contributed by atoms with Gasteiger partial charge in [0, 0.05) is 12.1 Å². The van der Waals surface area contributed by atoms with Crippen molar-refractivity contribution in [1.82, 2.24) is 0 Å². The third-order valence-corrected chi connectivity index (χ3v) is 4.26. The standard InChI is InChI=1S/C14H17ClN2O4/c1-9-3-2-6-14(8-9,13(18)19)16-12-5-4-10(17(20)21)7-11(12)15/h4-5,7,9,16H,2-3,6,8H2,1H3,(H,18,19). The van der Waals surface area contributed by atoms with Crippen LogP contribution in [0.1, 0.15) is 32.6 Å². The molecule has 0 heterocycles. The predicted molar refractivity (Wildman–Crippen MR) is 79.7 cm³/mol. The van der Waals surface area contributed by atoms with Gasteiger partial charge in [-0.15, -0.1) is 0 Å². The zero-order valence-electron chi connectivity index (χ0n) is 11.6. The average molecular weight is 313 g/mol. The number of carboxylic acids is 1. The first kappa shape index (κ1) is 15.6. The number of halogens is 1. The van der Waals surface area contributed by atoms with Crippen LogP contribution >= 0.6 is 11.6 Å². The Hall–Kier alpha value is -1.82. The fourth-order valence-corrected chi connectivity index (χ4v) is 3.11. The third-order valence-electron chi connectivity index (χ3n) is 3.94. The van der Waals surface area contributed by atoms with Crippen molar-refractivity contribution in [1.29, 1.82) is 0 Å². The van der Waals surface area contributed by atoms with Gasteiger partial charge in [-0.05, 0) is 24.8 Å². The van der Waals surface area contributed by atoms with Crippen LogP contribution in [0.2, 0.25) is 5.02 Å². The van der Waals surface area contributed by atoms with Crippen molar-refractivity contribution in [3.8, 4) is 0 Å². The van der Waals surface area contributed by atoms with E-state index in [0.717, 1.165) is 12.8 Å². The highest BCUT2D eigenvalue weighted by Crippen LogP contribution is 2.37. The molecule has 2 rings (SSSR count). The van der Waals surface area contributed by atoms with Crippen LogP contribution in [0.4, 0.5) is 11.4 Å². The molecule has 114 valence electrons. The van der Waals surface area contributed by atoms with E-state index in [1.807, 2.05) is 6.92 Å². The molecule has 7 heteroatoms. The highest BCUT2D eigenvalue weighted by Gasteiger charge is 2.42. The molecule has 21 heavy (non-hydrogen) atoms. The molecule has 0 radical (unpaired) electrons. The minimum absolute atomic E-state index is 0.119. The Morgan fingerprint density at radius 3 is 2.81 bits per heavy atom. The topological polar surface area (TPSA) is 92.5 Å². The second kappa shape index (κ2) is 5.89. The monoisotopic (exact) mass is 312 g/mol. The van der Waals surface area contributed by atoms with Crippen molar-refractivity contribution >= 4 is 28.9 Å². The van der Waals surface area contributed by atoms with E-state index in [-0.39, 0.29) is 10.7 Å². The summed E-state index contributed by atoms with van der Waals surface area (Å²) in [7, 11) is 0. The van der Waals surface area contributed by atoms with Gasteiger partial charge >= 0.3 is 5.97 Å². The van der Waals surface area contributed by atoms with Gasteiger partial charge in [-0.2, -0.15) is 0 Å². The van der Waals surface area contributed by atoms with Crippen molar-refractivity contribution < 1.29 is 14.8 Å². The lowest BCUT2D eigenvalue weighted by atomic mass is 9.76.